The number of nitrogens with one attached hydrogen (secondary N) is 2. The monoisotopic (exact) mass is 466 g/mol. The molecular weight excluding hydrogens is 438 g/mol. The van der Waals surface area contributed by atoms with Gasteiger partial charge in [0.25, 0.3) is 0 Å². The molecule has 2 N–H and O–H groups in total. The molecular formula is C25H28F2N6O. The molecule has 0 radical (unpaired) electrons. The Morgan fingerprint density at radius 2 is 1.82 bits per heavy atom. The zero-order valence-electron chi connectivity index (χ0n) is 19.2. The van der Waals surface area contributed by atoms with Crippen LogP contribution in [-0.4, -0.2) is 44.1 Å². The Morgan fingerprint density at radius 3 is 2.47 bits per heavy atom. The summed E-state index contributed by atoms with van der Waals surface area (Å²) in [6.45, 7) is 3.11. The summed E-state index contributed by atoms with van der Waals surface area (Å²) >= 11 is 0. The molecule has 2 fully saturated rings. The Morgan fingerprint density at radius 1 is 1.09 bits per heavy atom. The molecule has 0 unspecified atom stereocenters. The highest BCUT2D eigenvalue weighted by Crippen LogP contribution is 2.39. The van der Waals surface area contributed by atoms with Crippen molar-refractivity contribution in [2.45, 2.75) is 51.4 Å². The second-order valence-electron chi connectivity index (χ2n) is 9.34. The molecule has 1 amide bonds. The number of carbonyl (C=O) groups excluding carboxylic acids is 1. The van der Waals surface area contributed by atoms with Gasteiger partial charge < -0.3 is 10.2 Å². The molecule has 0 atom stereocenters. The summed E-state index contributed by atoms with van der Waals surface area (Å²) < 4.78 is 27.8. The molecule has 0 bridgehead atoms. The van der Waals surface area contributed by atoms with E-state index in [4.69, 9.17) is 9.97 Å². The van der Waals surface area contributed by atoms with Gasteiger partial charge >= 0.3 is 0 Å². The number of hydrogen-bond donors (Lipinski definition) is 2. The van der Waals surface area contributed by atoms with Gasteiger partial charge in [-0.05, 0) is 57.1 Å². The van der Waals surface area contributed by atoms with Crippen LogP contribution in [0.3, 0.4) is 0 Å². The fourth-order valence-electron chi connectivity index (χ4n) is 4.47. The molecule has 3 heterocycles. The Bertz CT molecular complexity index is 1160. The normalized spacial score (nSPS) is 16.6. The van der Waals surface area contributed by atoms with Crippen molar-refractivity contribution in [3.05, 3.63) is 64.7 Å². The molecule has 7 nitrogen and oxygen atoms in total. The van der Waals surface area contributed by atoms with Gasteiger partial charge in [-0.15, -0.1) is 0 Å². The second-order valence-corrected chi connectivity index (χ2v) is 9.34. The maximum absolute atomic E-state index is 13.9. The van der Waals surface area contributed by atoms with Crippen molar-refractivity contribution < 1.29 is 13.6 Å². The van der Waals surface area contributed by atoms with E-state index in [1.807, 2.05) is 19.1 Å². The average molecular weight is 467 g/mol. The first-order valence-electron chi connectivity index (χ1n) is 11.8. The highest BCUT2D eigenvalue weighted by molar-refractivity contribution is 5.79. The van der Waals surface area contributed by atoms with Crippen LogP contribution in [0.15, 0.2) is 30.3 Å². The Labute approximate surface area is 197 Å². The van der Waals surface area contributed by atoms with Gasteiger partial charge in [-0.3, -0.25) is 9.89 Å². The Hall–Kier alpha value is -3.36. The van der Waals surface area contributed by atoms with Gasteiger partial charge in [-0.1, -0.05) is 6.07 Å². The van der Waals surface area contributed by atoms with Crippen LogP contribution in [0.25, 0.3) is 0 Å². The summed E-state index contributed by atoms with van der Waals surface area (Å²) in [6.07, 6.45) is 4.45. The number of H-pyrrole nitrogens is 1. The van der Waals surface area contributed by atoms with Gasteiger partial charge in [-0.25, -0.2) is 18.7 Å². The number of aryl methyl sites for hydroxylation is 1. The molecule has 0 spiro atoms. The van der Waals surface area contributed by atoms with Crippen molar-refractivity contribution in [2.75, 3.05) is 18.4 Å². The molecule has 2 aliphatic rings. The lowest BCUT2D eigenvalue weighted by atomic mass is 9.91. The van der Waals surface area contributed by atoms with Crippen LogP contribution in [0, 0.1) is 24.5 Å². The summed E-state index contributed by atoms with van der Waals surface area (Å²) in [6, 6.07) is 7.59. The van der Waals surface area contributed by atoms with Gasteiger partial charge in [0.15, 0.2) is 5.82 Å². The van der Waals surface area contributed by atoms with Gasteiger partial charge in [0, 0.05) is 48.1 Å². The number of amides is 1. The van der Waals surface area contributed by atoms with Crippen molar-refractivity contribution in [2.24, 2.45) is 5.92 Å². The zero-order valence-corrected chi connectivity index (χ0v) is 19.2. The summed E-state index contributed by atoms with van der Waals surface area (Å²) in [5.41, 5.74) is 1.80. The summed E-state index contributed by atoms with van der Waals surface area (Å²) in [4.78, 5) is 23.9. The number of nitrogens with zero attached hydrogens (tertiary/aromatic N) is 4. The Kier molecular flexibility index (Phi) is 6.26. The third kappa shape index (κ3) is 5.24. The van der Waals surface area contributed by atoms with Crippen LogP contribution in [0.1, 0.15) is 54.4 Å². The van der Waals surface area contributed by atoms with E-state index in [-0.39, 0.29) is 17.9 Å². The smallest absolute Gasteiger partial charge is 0.227 e. The molecule has 1 saturated carbocycles. The van der Waals surface area contributed by atoms with Crippen LogP contribution >= 0.6 is 0 Å². The minimum Gasteiger partial charge on any atom is -0.342 e. The number of hydrogen-bond acceptors (Lipinski definition) is 5. The zero-order chi connectivity index (χ0) is 23.7. The number of carbonyl (C=O) groups is 1. The summed E-state index contributed by atoms with van der Waals surface area (Å²) in [7, 11) is 0. The molecule has 2 aromatic heterocycles. The molecule has 5 rings (SSSR count). The topological polar surface area (TPSA) is 86.8 Å². The van der Waals surface area contributed by atoms with E-state index in [1.165, 1.54) is 18.2 Å². The van der Waals surface area contributed by atoms with E-state index < -0.39 is 11.6 Å². The van der Waals surface area contributed by atoms with Crippen LogP contribution in [0.4, 0.5) is 20.4 Å². The van der Waals surface area contributed by atoms with Crippen LogP contribution < -0.4 is 5.32 Å². The van der Waals surface area contributed by atoms with E-state index in [9.17, 15) is 13.6 Å². The minimum atomic E-state index is -0.673. The highest BCUT2D eigenvalue weighted by atomic mass is 19.1. The molecule has 178 valence electrons. The molecule has 9 heteroatoms. The SMILES string of the molecule is Cc1cc(Nc2cc(CC3CCN(C(=O)Cc4c(F)cccc4F)CC3)nc(C3CC3)n2)n[nH]1. The number of likely N-dealkylation sites (tertiary alicyclic amines) is 1. The molecule has 1 aliphatic carbocycles. The Balaban J connectivity index is 1.21. The van der Waals surface area contributed by atoms with E-state index in [2.05, 4.69) is 15.5 Å². The van der Waals surface area contributed by atoms with E-state index in [1.54, 1.807) is 4.90 Å². The number of piperidine rings is 1. The largest absolute Gasteiger partial charge is 0.342 e. The maximum atomic E-state index is 13.9. The second kappa shape index (κ2) is 9.48. The summed E-state index contributed by atoms with van der Waals surface area (Å²) in [5, 5.41) is 10.4. The molecule has 1 saturated heterocycles. The summed E-state index contributed by atoms with van der Waals surface area (Å²) in [5.74, 6) is 1.59. The first-order chi connectivity index (χ1) is 16.4. The van der Waals surface area contributed by atoms with Gasteiger partial charge in [0.1, 0.15) is 23.3 Å². The number of anilines is 2. The van der Waals surface area contributed by atoms with Crippen LogP contribution in [0.5, 0.6) is 0 Å². The number of benzene rings is 1. The van der Waals surface area contributed by atoms with Crippen molar-refractivity contribution in [1.29, 1.82) is 0 Å². The molecule has 3 aromatic rings. The van der Waals surface area contributed by atoms with Crippen LogP contribution in [0.2, 0.25) is 0 Å². The molecule has 34 heavy (non-hydrogen) atoms. The first kappa shape index (κ1) is 22.4. The maximum Gasteiger partial charge on any atom is 0.227 e. The lowest BCUT2D eigenvalue weighted by molar-refractivity contribution is -0.131. The van der Waals surface area contributed by atoms with Crippen LogP contribution in [-0.2, 0) is 17.6 Å². The van der Waals surface area contributed by atoms with Crippen molar-refractivity contribution >= 4 is 17.5 Å². The van der Waals surface area contributed by atoms with Crippen molar-refractivity contribution in [3.63, 3.8) is 0 Å². The predicted molar refractivity (Wildman–Crippen MR) is 124 cm³/mol. The fraction of sp³-hybridized carbons (Fsp3) is 0.440. The number of halogens is 2. The molecule has 1 aromatic carbocycles. The van der Waals surface area contributed by atoms with Crippen molar-refractivity contribution in [1.82, 2.24) is 25.1 Å². The number of aromatic nitrogens is 4. The van der Waals surface area contributed by atoms with E-state index in [0.29, 0.717) is 24.9 Å². The first-order valence-corrected chi connectivity index (χ1v) is 11.8. The van der Waals surface area contributed by atoms with Gasteiger partial charge in [-0.2, -0.15) is 5.10 Å². The number of rotatable bonds is 7. The minimum absolute atomic E-state index is 0.157. The average Bonchev–Trinajstić information content (AvgIpc) is 3.59. The lowest BCUT2D eigenvalue weighted by Gasteiger charge is -2.32. The van der Waals surface area contributed by atoms with Crippen molar-refractivity contribution in [3.8, 4) is 0 Å². The third-order valence-electron chi connectivity index (χ3n) is 6.56. The van der Waals surface area contributed by atoms with Gasteiger partial charge in [0.05, 0.1) is 6.42 Å². The van der Waals surface area contributed by atoms with E-state index >= 15 is 0 Å². The standard InChI is InChI=1S/C25H28F2N6O/c1-15-11-23(32-31-15)29-22-13-18(28-25(30-22)17-5-6-17)12-16-7-9-33(10-8-16)24(34)14-19-20(26)3-2-4-21(19)27/h2-4,11,13,16-17H,5-10,12,14H2,1H3,(H2,28,29,30,31,32). The quantitative estimate of drug-likeness (QED) is 0.538. The third-order valence-corrected chi connectivity index (χ3v) is 6.56. The van der Waals surface area contributed by atoms with Gasteiger partial charge in [0.2, 0.25) is 5.91 Å². The lowest BCUT2D eigenvalue weighted by Crippen LogP contribution is -2.40. The van der Waals surface area contributed by atoms with E-state index in [0.717, 1.165) is 61.0 Å². The highest BCUT2D eigenvalue weighted by Gasteiger charge is 2.29. The fourth-order valence-corrected chi connectivity index (χ4v) is 4.47. The predicted octanol–water partition coefficient (Wildman–Crippen LogP) is 4.43. The number of aromatic amines is 1. The molecule has 1 aliphatic heterocycles.